The Morgan fingerprint density at radius 1 is 1.27 bits per heavy atom. The van der Waals surface area contributed by atoms with Crippen LogP contribution in [-0.2, 0) is 16.7 Å². The lowest BCUT2D eigenvalue weighted by molar-refractivity contribution is -0.385. The average molecular weight is 465 g/mol. The van der Waals surface area contributed by atoms with Gasteiger partial charge in [0, 0.05) is 30.7 Å². The van der Waals surface area contributed by atoms with Gasteiger partial charge in [0.05, 0.1) is 16.6 Å². The molecule has 0 saturated carbocycles. The van der Waals surface area contributed by atoms with Gasteiger partial charge in [-0.25, -0.2) is 8.42 Å². The van der Waals surface area contributed by atoms with E-state index in [1.807, 2.05) is 4.90 Å². The van der Waals surface area contributed by atoms with E-state index in [9.17, 15) is 18.5 Å². The topological polar surface area (TPSA) is 102 Å². The van der Waals surface area contributed by atoms with Crippen LogP contribution >= 0.6 is 27.5 Å². The molecule has 140 valence electrons. The molecule has 3 rings (SSSR count). The molecule has 0 radical (unpaired) electrons. The molecule has 0 atom stereocenters. The Kier molecular flexibility index (Phi) is 5.63. The number of nitro groups is 1. The fourth-order valence-corrected chi connectivity index (χ4v) is 5.10. The Labute approximate surface area is 163 Å². The Hall–Kier alpha value is -1.53. The summed E-state index contributed by atoms with van der Waals surface area (Å²) in [4.78, 5) is 12.3. The van der Waals surface area contributed by atoms with Gasteiger partial charge in [0.1, 0.15) is 17.3 Å². The molecule has 1 aliphatic rings. The number of hydrogen-bond acceptors (Lipinski definition) is 6. The van der Waals surface area contributed by atoms with Crippen molar-refractivity contribution in [3.8, 4) is 0 Å². The van der Waals surface area contributed by atoms with E-state index in [0.29, 0.717) is 37.3 Å². The Balaban J connectivity index is 1.64. The standard InChI is InChI=1S/C14H15BrClN5O4S/c15-11-1-2-14(13(16)7-11)26(24,25)20-5-3-18(4-6-20)10-19-9-12(8-17-19)21(22)23/h1-2,7-9H,3-6,10H2. The first kappa shape index (κ1) is 19.2. The lowest BCUT2D eigenvalue weighted by Crippen LogP contribution is -2.48. The van der Waals surface area contributed by atoms with Crippen LogP contribution in [0.4, 0.5) is 5.69 Å². The highest BCUT2D eigenvalue weighted by molar-refractivity contribution is 9.10. The number of rotatable bonds is 5. The molecule has 26 heavy (non-hydrogen) atoms. The van der Waals surface area contributed by atoms with Crippen LogP contribution in [0.15, 0.2) is 40.0 Å². The van der Waals surface area contributed by atoms with Crippen molar-refractivity contribution in [3.63, 3.8) is 0 Å². The van der Waals surface area contributed by atoms with E-state index < -0.39 is 14.9 Å². The summed E-state index contributed by atoms with van der Waals surface area (Å²) in [6.07, 6.45) is 2.54. The number of hydrogen-bond donors (Lipinski definition) is 0. The Morgan fingerprint density at radius 3 is 2.54 bits per heavy atom. The van der Waals surface area contributed by atoms with Gasteiger partial charge in [-0.15, -0.1) is 0 Å². The van der Waals surface area contributed by atoms with Gasteiger partial charge in [-0.3, -0.25) is 19.7 Å². The molecule has 2 heterocycles. The zero-order valence-electron chi connectivity index (χ0n) is 13.5. The molecule has 1 saturated heterocycles. The van der Waals surface area contributed by atoms with E-state index >= 15 is 0 Å². The highest BCUT2D eigenvalue weighted by Gasteiger charge is 2.30. The first-order valence-electron chi connectivity index (χ1n) is 7.62. The van der Waals surface area contributed by atoms with Gasteiger partial charge in [-0.1, -0.05) is 27.5 Å². The smallest absolute Gasteiger partial charge is 0.282 e. The molecule has 1 aromatic heterocycles. The molecule has 1 aliphatic heterocycles. The van der Waals surface area contributed by atoms with Crippen LogP contribution < -0.4 is 0 Å². The second kappa shape index (κ2) is 7.61. The van der Waals surface area contributed by atoms with E-state index in [-0.39, 0.29) is 15.6 Å². The fraction of sp³-hybridized carbons (Fsp3) is 0.357. The third kappa shape index (κ3) is 4.07. The maximum absolute atomic E-state index is 12.8. The maximum Gasteiger partial charge on any atom is 0.307 e. The molecule has 0 bridgehead atoms. The molecule has 2 aromatic rings. The zero-order valence-corrected chi connectivity index (χ0v) is 16.6. The molecule has 0 aliphatic carbocycles. The summed E-state index contributed by atoms with van der Waals surface area (Å²) in [5.41, 5.74) is -0.0731. The minimum absolute atomic E-state index is 0.0731. The monoisotopic (exact) mass is 463 g/mol. The summed E-state index contributed by atoms with van der Waals surface area (Å²) in [7, 11) is -3.67. The van der Waals surface area contributed by atoms with E-state index in [0.717, 1.165) is 0 Å². The molecule has 0 spiro atoms. The fourth-order valence-electron chi connectivity index (χ4n) is 2.66. The number of piperazine rings is 1. The van der Waals surface area contributed by atoms with E-state index in [1.54, 1.807) is 12.1 Å². The van der Waals surface area contributed by atoms with Gasteiger partial charge in [0.2, 0.25) is 10.0 Å². The molecule has 12 heteroatoms. The highest BCUT2D eigenvalue weighted by Crippen LogP contribution is 2.28. The number of benzene rings is 1. The Bertz CT molecular complexity index is 927. The minimum atomic E-state index is -3.67. The molecule has 9 nitrogen and oxygen atoms in total. The summed E-state index contributed by atoms with van der Waals surface area (Å²) in [5.74, 6) is 0. The van der Waals surface area contributed by atoms with Crippen molar-refractivity contribution in [1.82, 2.24) is 19.0 Å². The van der Waals surface area contributed by atoms with Crippen molar-refractivity contribution in [3.05, 3.63) is 50.2 Å². The summed E-state index contributed by atoms with van der Waals surface area (Å²) in [5, 5.41) is 14.8. The van der Waals surface area contributed by atoms with Crippen molar-refractivity contribution < 1.29 is 13.3 Å². The van der Waals surface area contributed by atoms with Gasteiger partial charge in [0.25, 0.3) is 0 Å². The number of halogens is 2. The summed E-state index contributed by atoms with van der Waals surface area (Å²) < 4.78 is 29.1. The molecular formula is C14H15BrClN5O4S. The summed E-state index contributed by atoms with van der Waals surface area (Å²) >= 11 is 9.34. The first-order chi connectivity index (χ1) is 12.3. The summed E-state index contributed by atoms with van der Waals surface area (Å²) in [6, 6.07) is 4.67. The van der Waals surface area contributed by atoms with Crippen molar-refractivity contribution in [2.75, 3.05) is 26.2 Å². The second-order valence-corrected chi connectivity index (χ2v) is 8.96. The second-order valence-electron chi connectivity index (χ2n) is 5.73. The van der Waals surface area contributed by atoms with Gasteiger partial charge < -0.3 is 0 Å². The van der Waals surface area contributed by atoms with Crippen LogP contribution in [0, 0.1) is 10.1 Å². The SMILES string of the molecule is O=[N+]([O-])c1cnn(CN2CCN(S(=O)(=O)c3ccc(Br)cc3Cl)CC2)c1. The van der Waals surface area contributed by atoms with Crippen molar-refractivity contribution >= 4 is 43.2 Å². The first-order valence-corrected chi connectivity index (χ1v) is 10.2. The van der Waals surface area contributed by atoms with Crippen molar-refractivity contribution in [1.29, 1.82) is 0 Å². The lowest BCUT2D eigenvalue weighted by atomic mass is 10.4. The van der Waals surface area contributed by atoms with Crippen LogP contribution in [0.5, 0.6) is 0 Å². The Morgan fingerprint density at radius 2 is 1.96 bits per heavy atom. The van der Waals surface area contributed by atoms with Crippen LogP contribution in [0.1, 0.15) is 0 Å². The summed E-state index contributed by atoms with van der Waals surface area (Å²) in [6.45, 7) is 1.94. The highest BCUT2D eigenvalue weighted by atomic mass is 79.9. The van der Waals surface area contributed by atoms with Gasteiger partial charge in [-0.2, -0.15) is 9.40 Å². The van der Waals surface area contributed by atoms with E-state index in [1.165, 1.54) is 27.4 Å². The van der Waals surface area contributed by atoms with Gasteiger partial charge in [-0.05, 0) is 18.2 Å². The van der Waals surface area contributed by atoms with Crippen LogP contribution in [0.3, 0.4) is 0 Å². The number of aromatic nitrogens is 2. The van der Waals surface area contributed by atoms with Gasteiger partial charge >= 0.3 is 5.69 Å². The van der Waals surface area contributed by atoms with Crippen LogP contribution in [0.25, 0.3) is 0 Å². The molecule has 1 fully saturated rings. The maximum atomic E-state index is 12.8. The average Bonchev–Trinajstić information content (AvgIpc) is 3.04. The quantitative estimate of drug-likeness (QED) is 0.496. The predicted octanol–water partition coefficient (Wildman–Crippen LogP) is 2.17. The number of nitrogens with zero attached hydrogens (tertiary/aromatic N) is 5. The lowest BCUT2D eigenvalue weighted by Gasteiger charge is -2.33. The van der Waals surface area contributed by atoms with Crippen molar-refractivity contribution in [2.24, 2.45) is 0 Å². The molecule has 0 unspecified atom stereocenters. The third-order valence-electron chi connectivity index (χ3n) is 4.02. The normalized spacial score (nSPS) is 16.7. The van der Waals surface area contributed by atoms with Crippen LogP contribution in [0.2, 0.25) is 5.02 Å². The minimum Gasteiger partial charge on any atom is -0.282 e. The van der Waals surface area contributed by atoms with Gasteiger partial charge in [0.15, 0.2) is 0 Å². The molecule has 1 aromatic carbocycles. The molecule has 0 amide bonds. The van der Waals surface area contributed by atoms with Crippen LogP contribution in [-0.4, -0.2) is 58.5 Å². The largest absolute Gasteiger partial charge is 0.307 e. The molecule has 0 N–H and O–H groups in total. The van der Waals surface area contributed by atoms with E-state index in [4.69, 9.17) is 11.6 Å². The number of sulfonamides is 1. The molecular weight excluding hydrogens is 450 g/mol. The predicted molar refractivity (Wildman–Crippen MR) is 98.4 cm³/mol. The van der Waals surface area contributed by atoms with E-state index in [2.05, 4.69) is 21.0 Å². The zero-order chi connectivity index (χ0) is 18.9. The van der Waals surface area contributed by atoms with Crippen molar-refractivity contribution in [2.45, 2.75) is 11.6 Å². The third-order valence-corrected chi connectivity index (χ3v) is 6.89.